The molecule has 130 valence electrons. The fourth-order valence-corrected chi connectivity index (χ4v) is 3.14. The van der Waals surface area contributed by atoms with Crippen LogP contribution in [0.1, 0.15) is 52.0 Å². The average molecular weight is 339 g/mol. The van der Waals surface area contributed by atoms with Crippen LogP contribution in [0.25, 0.3) is 0 Å². The van der Waals surface area contributed by atoms with Crippen LogP contribution in [-0.2, 0) is 11.2 Å². The molecule has 1 aliphatic rings. The molecule has 0 saturated carbocycles. The number of piperidine rings is 1. The summed E-state index contributed by atoms with van der Waals surface area (Å²) in [5.74, 6) is 0.208. The Morgan fingerprint density at radius 2 is 2.00 bits per heavy atom. The molecular weight excluding hydrogens is 308 g/mol. The summed E-state index contributed by atoms with van der Waals surface area (Å²) in [5, 5.41) is 6.68. The second-order valence-electron chi connectivity index (χ2n) is 7.27. The van der Waals surface area contributed by atoms with Crippen molar-refractivity contribution in [2.24, 2.45) is 5.41 Å². The molecule has 1 aliphatic heterocycles. The van der Waals surface area contributed by atoms with Crippen LogP contribution in [0.15, 0.2) is 30.3 Å². The molecule has 4 heteroatoms. The molecule has 1 amide bonds. The van der Waals surface area contributed by atoms with Gasteiger partial charge in [0.05, 0.1) is 0 Å². The fourth-order valence-electron chi connectivity index (χ4n) is 3.14. The molecule has 23 heavy (non-hydrogen) atoms. The summed E-state index contributed by atoms with van der Waals surface area (Å²) in [6.45, 7) is 7.32. The molecule has 3 nitrogen and oxygen atoms in total. The predicted octanol–water partition coefficient (Wildman–Crippen LogP) is 3.71. The highest BCUT2D eigenvalue weighted by Gasteiger charge is 2.30. The first kappa shape index (κ1) is 20.0. The van der Waals surface area contributed by atoms with Gasteiger partial charge in [-0.25, -0.2) is 0 Å². The topological polar surface area (TPSA) is 41.1 Å². The fraction of sp³-hybridized carbons (Fsp3) is 0.632. The highest BCUT2D eigenvalue weighted by molar-refractivity contribution is 5.85. The number of carbonyl (C=O) groups excluding carboxylic acids is 1. The number of carbonyl (C=O) groups is 1. The van der Waals surface area contributed by atoms with E-state index in [9.17, 15) is 4.79 Å². The van der Waals surface area contributed by atoms with E-state index < -0.39 is 0 Å². The number of benzene rings is 1. The Balaban J connectivity index is 0.00000264. The van der Waals surface area contributed by atoms with Gasteiger partial charge in [-0.2, -0.15) is 0 Å². The van der Waals surface area contributed by atoms with Gasteiger partial charge in [0.2, 0.25) is 5.91 Å². The molecule has 1 aromatic carbocycles. The smallest absolute Gasteiger partial charge is 0.225 e. The molecule has 0 aromatic heterocycles. The standard InChI is InChI=1S/C19H30N2O.ClH/c1-15-14-17(11-13-20-15)21-18(22)19(2,3)12-7-10-16-8-5-4-6-9-16;/h4-6,8-9,15,17,20H,7,10-14H2,1-3H3,(H,21,22);1H. The Hall–Kier alpha value is -1.06. The number of nitrogens with one attached hydrogen (secondary N) is 2. The summed E-state index contributed by atoms with van der Waals surface area (Å²) in [6.07, 6.45) is 5.09. The summed E-state index contributed by atoms with van der Waals surface area (Å²) in [7, 11) is 0. The number of rotatable bonds is 6. The number of halogens is 1. The van der Waals surface area contributed by atoms with Crippen molar-refractivity contribution in [3.63, 3.8) is 0 Å². The van der Waals surface area contributed by atoms with Crippen molar-refractivity contribution in [1.82, 2.24) is 10.6 Å². The number of aryl methyl sites for hydroxylation is 1. The minimum absolute atomic E-state index is 0. The van der Waals surface area contributed by atoms with E-state index in [0.29, 0.717) is 12.1 Å². The van der Waals surface area contributed by atoms with Crippen molar-refractivity contribution in [3.8, 4) is 0 Å². The minimum atomic E-state index is -0.289. The Kier molecular flexibility index (Phi) is 8.07. The lowest BCUT2D eigenvalue weighted by Gasteiger charge is -2.32. The molecule has 1 heterocycles. The summed E-state index contributed by atoms with van der Waals surface area (Å²) in [4.78, 5) is 12.6. The molecule has 0 bridgehead atoms. The Morgan fingerprint density at radius 1 is 1.30 bits per heavy atom. The van der Waals surface area contributed by atoms with Gasteiger partial charge in [0.15, 0.2) is 0 Å². The zero-order chi connectivity index (χ0) is 16.0. The first-order valence-corrected chi connectivity index (χ1v) is 8.55. The maximum atomic E-state index is 12.6. The lowest BCUT2D eigenvalue weighted by atomic mass is 9.85. The van der Waals surface area contributed by atoms with E-state index in [2.05, 4.69) is 55.7 Å². The Labute approximate surface area is 147 Å². The molecule has 2 unspecified atom stereocenters. The first-order chi connectivity index (χ1) is 10.5. The van der Waals surface area contributed by atoms with Crippen LogP contribution in [0.2, 0.25) is 0 Å². The van der Waals surface area contributed by atoms with Crippen LogP contribution in [0, 0.1) is 5.41 Å². The quantitative estimate of drug-likeness (QED) is 0.830. The first-order valence-electron chi connectivity index (χ1n) is 8.55. The van der Waals surface area contributed by atoms with Gasteiger partial charge in [0.25, 0.3) is 0 Å². The molecule has 0 radical (unpaired) electrons. The van der Waals surface area contributed by atoms with E-state index >= 15 is 0 Å². The zero-order valence-electron chi connectivity index (χ0n) is 14.6. The average Bonchev–Trinajstić information content (AvgIpc) is 2.48. The molecule has 2 rings (SSSR count). The number of hydrogen-bond donors (Lipinski definition) is 2. The largest absolute Gasteiger partial charge is 0.353 e. The lowest BCUT2D eigenvalue weighted by Crippen LogP contribution is -2.49. The van der Waals surface area contributed by atoms with E-state index in [0.717, 1.165) is 38.6 Å². The third kappa shape index (κ3) is 6.52. The highest BCUT2D eigenvalue weighted by Crippen LogP contribution is 2.24. The Morgan fingerprint density at radius 3 is 2.65 bits per heavy atom. The van der Waals surface area contributed by atoms with Gasteiger partial charge in [0.1, 0.15) is 0 Å². The van der Waals surface area contributed by atoms with Crippen molar-refractivity contribution in [3.05, 3.63) is 35.9 Å². The van der Waals surface area contributed by atoms with Crippen molar-refractivity contribution in [1.29, 1.82) is 0 Å². The summed E-state index contributed by atoms with van der Waals surface area (Å²) >= 11 is 0. The van der Waals surface area contributed by atoms with E-state index in [1.54, 1.807) is 0 Å². The van der Waals surface area contributed by atoms with E-state index in [1.165, 1.54) is 5.56 Å². The third-order valence-corrected chi connectivity index (χ3v) is 4.68. The van der Waals surface area contributed by atoms with Crippen LogP contribution in [0.4, 0.5) is 0 Å². The highest BCUT2D eigenvalue weighted by atomic mass is 35.5. The summed E-state index contributed by atoms with van der Waals surface area (Å²) in [6, 6.07) is 11.3. The summed E-state index contributed by atoms with van der Waals surface area (Å²) in [5.41, 5.74) is 1.06. The van der Waals surface area contributed by atoms with Crippen LogP contribution in [0.3, 0.4) is 0 Å². The van der Waals surface area contributed by atoms with Crippen LogP contribution < -0.4 is 10.6 Å². The molecule has 1 aromatic rings. The van der Waals surface area contributed by atoms with Crippen molar-refractivity contribution < 1.29 is 4.79 Å². The van der Waals surface area contributed by atoms with Gasteiger partial charge in [-0.1, -0.05) is 44.2 Å². The van der Waals surface area contributed by atoms with Crippen LogP contribution in [-0.4, -0.2) is 24.5 Å². The normalized spacial score (nSPS) is 21.3. The second kappa shape index (κ2) is 9.29. The number of amides is 1. The monoisotopic (exact) mass is 338 g/mol. The van der Waals surface area contributed by atoms with E-state index in [1.807, 2.05) is 6.07 Å². The van der Waals surface area contributed by atoms with Crippen molar-refractivity contribution in [2.75, 3.05) is 6.54 Å². The number of hydrogen-bond acceptors (Lipinski definition) is 2. The van der Waals surface area contributed by atoms with Gasteiger partial charge in [-0.15, -0.1) is 12.4 Å². The molecule has 0 aliphatic carbocycles. The molecule has 0 spiro atoms. The van der Waals surface area contributed by atoms with Gasteiger partial charge in [0, 0.05) is 17.5 Å². The molecule has 1 fully saturated rings. The van der Waals surface area contributed by atoms with Gasteiger partial charge < -0.3 is 10.6 Å². The van der Waals surface area contributed by atoms with Gasteiger partial charge in [-0.05, 0) is 51.1 Å². The van der Waals surface area contributed by atoms with Gasteiger partial charge >= 0.3 is 0 Å². The van der Waals surface area contributed by atoms with Gasteiger partial charge in [-0.3, -0.25) is 4.79 Å². The van der Waals surface area contributed by atoms with Crippen LogP contribution in [0.5, 0.6) is 0 Å². The maximum Gasteiger partial charge on any atom is 0.225 e. The lowest BCUT2D eigenvalue weighted by molar-refractivity contribution is -0.130. The Bertz CT molecular complexity index is 476. The molecule has 2 atom stereocenters. The third-order valence-electron chi connectivity index (χ3n) is 4.68. The molecular formula is C19H31ClN2O. The minimum Gasteiger partial charge on any atom is -0.353 e. The van der Waals surface area contributed by atoms with Crippen molar-refractivity contribution >= 4 is 18.3 Å². The van der Waals surface area contributed by atoms with Crippen molar-refractivity contribution in [2.45, 2.75) is 65.0 Å². The SMILES string of the molecule is CC1CC(NC(=O)C(C)(C)CCCc2ccccc2)CCN1.Cl. The van der Waals surface area contributed by atoms with E-state index in [-0.39, 0.29) is 23.7 Å². The zero-order valence-corrected chi connectivity index (χ0v) is 15.4. The van der Waals surface area contributed by atoms with E-state index in [4.69, 9.17) is 0 Å². The predicted molar refractivity (Wildman–Crippen MR) is 99.0 cm³/mol. The second-order valence-corrected chi connectivity index (χ2v) is 7.27. The van der Waals surface area contributed by atoms with Crippen LogP contribution >= 0.6 is 12.4 Å². The summed E-state index contributed by atoms with van der Waals surface area (Å²) < 4.78 is 0. The molecule has 1 saturated heterocycles. The maximum absolute atomic E-state index is 12.6. The molecule has 2 N–H and O–H groups in total.